The third-order valence-corrected chi connectivity index (χ3v) is 5.67. The molecular weight excluding hydrogens is 318 g/mol. The number of piperidine rings is 1. The third kappa shape index (κ3) is 4.42. The summed E-state index contributed by atoms with van der Waals surface area (Å²) in [5.41, 5.74) is 1.08. The fourth-order valence-corrected chi connectivity index (χ4v) is 4.12. The van der Waals surface area contributed by atoms with Crippen molar-refractivity contribution < 1.29 is 4.79 Å². The summed E-state index contributed by atoms with van der Waals surface area (Å²) in [6, 6.07) is 9.92. The quantitative estimate of drug-likeness (QED) is 0.845. The lowest BCUT2D eigenvalue weighted by Crippen LogP contribution is -2.35. The van der Waals surface area contributed by atoms with Gasteiger partial charge in [0.05, 0.1) is 0 Å². The summed E-state index contributed by atoms with van der Waals surface area (Å²) in [7, 11) is 0. The van der Waals surface area contributed by atoms with Crippen molar-refractivity contribution in [2.45, 2.75) is 32.2 Å². The Kier molecular flexibility index (Phi) is 5.99. The summed E-state index contributed by atoms with van der Waals surface area (Å²) in [6.07, 6.45) is 4.71. The number of thiazole rings is 1. The maximum absolute atomic E-state index is 12.6. The van der Waals surface area contributed by atoms with E-state index in [0.29, 0.717) is 18.3 Å². The highest BCUT2D eigenvalue weighted by Gasteiger charge is 2.24. The zero-order chi connectivity index (χ0) is 16.8. The number of hydrogen-bond acceptors (Lipinski definition) is 4. The Balaban J connectivity index is 1.65. The molecule has 2 N–H and O–H groups in total. The predicted octanol–water partition coefficient (Wildman–Crippen LogP) is 3.37. The Morgan fingerprint density at radius 1 is 1.33 bits per heavy atom. The fraction of sp³-hybridized carbons (Fsp3) is 0.474. The van der Waals surface area contributed by atoms with Crippen LogP contribution in [0.1, 0.15) is 42.8 Å². The molecule has 0 radical (unpaired) electrons. The van der Waals surface area contributed by atoms with Crippen LogP contribution in [0.2, 0.25) is 0 Å². The van der Waals surface area contributed by atoms with E-state index < -0.39 is 0 Å². The summed E-state index contributed by atoms with van der Waals surface area (Å²) in [5.74, 6) is 1.18. The maximum atomic E-state index is 12.6. The molecule has 1 saturated heterocycles. The topological polar surface area (TPSA) is 54.0 Å². The molecule has 128 valence electrons. The van der Waals surface area contributed by atoms with Gasteiger partial charge in [-0.15, -0.1) is 11.3 Å². The second-order valence-electron chi connectivity index (χ2n) is 6.55. The van der Waals surface area contributed by atoms with E-state index in [-0.39, 0.29) is 11.9 Å². The third-order valence-electron chi connectivity index (χ3n) is 4.83. The first-order valence-electron chi connectivity index (χ1n) is 8.68. The van der Waals surface area contributed by atoms with Crippen molar-refractivity contribution in [3.05, 3.63) is 52.5 Å². The first-order chi connectivity index (χ1) is 11.7. The summed E-state index contributed by atoms with van der Waals surface area (Å²) in [5, 5.41) is 9.47. The largest absolute Gasteiger partial charge is 0.343 e. The number of aromatic nitrogens is 1. The Morgan fingerprint density at radius 2 is 2.08 bits per heavy atom. The molecule has 1 aromatic carbocycles. The van der Waals surface area contributed by atoms with Crippen molar-refractivity contribution in [1.29, 1.82) is 0 Å². The molecule has 1 fully saturated rings. The van der Waals surface area contributed by atoms with Gasteiger partial charge in [0, 0.05) is 18.0 Å². The zero-order valence-electron chi connectivity index (χ0n) is 14.1. The number of amides is 1. The Morgan fingerprint density at radius 3 is 2.75 bits per heavy atom. The number of benzene rings is 1. The minimum atomic E-state index is -0.154. The second-order valence-corrected chi connectivity index (χ2v) is 7.48. The van der Waals surface area contributed by atoms with E-state index in [1.165, 1.54) is 12.8 Å². The van der Waals surface area contributed by atoms with Gasteiger partial charge < -0.3 is 10.6 Å². The lowest BCUT2D eigenvalue weighted by molar-refractivity contribution is -0.122. The van der Waals surface area contributed by atoms with Gasteiger partial charge in [-0.25, -0.2) is 4.98 Å². The second kappa shape index (κ2) is 8.40. The van der Waals surface area contributed by atoms with Crippen LogP contribution in [-0.4, -0.2) is 24.0 Å². The van der Waals surface area contributed by atoms with Crippen molar-refractivity contribution in [2.24, 2.45) is 11.8 Å². The van der Waals surface area contributed by atoms with E-state index in [9.17, 15) is 4.79 Å². The monoisotopic (exact) mass is 343 g/mol. The molecule has 5 heteroatoms. The van der Waals surface area contributed by atoms with E-state index >= 15 is 0 Å². The van der Waals surface area contributed by atoms with Crippen LogP contribution < -0.4 is 10.6 Å². The number of nitrogens with zero attached hydrogens (tertiary/aromatic N) is 1. The van der Waals surface area contributed by atoms with Crippen molar-refractivity contribution in [1.82, 2.24) is 15.6 Å². The van der Waals surface area contributed by atoms with Gasteiger partial charge >= 0.3 is 0 Å². The van der Waals surface area contributed by atoms with Gasteiger partial charge in [-0.3, -0.25) is 4.79 Å². The molecule has 24 heavy (non-hydrogen) atoms. The SMILES string of the molecule is CC(CC(=O)NC(c1ccccc1)c1nccs1)C1CCNCC1. The lowest BCUT2D eigenvalue weighted by Gasteiger charge is -2.28. The number of nitrogens with one attached hydrogen (secondary N) is 2. The van der Waals surface area contributed by atoms with Crippen LogP contribution in [-0.2, 0) is 4.79 Å². The first kappa shape index (κ1) is 17.1. The maximum Gasteiger partial charge on any atom is 0.221 e. The van der Waals surface area contributed by atoms with Crippen LogP contribution in [0.3, 0.4) is 0 Å². The molecule has 0 saturated carbocycles. The molecule has 0 spiro atoms. The minimum Gasteiger partial charge on any atom is -0.343 e. The van der Waals surface area contributed by atoms with E-state index in [1.807, 2.05) is 35.7 Å². The van der Waals surface area contributed by atoms with Crippen molar-refractivity contribution >= 4 is 17.2 Å². The van der Waals surface area contributed by atoms with Crippen molar-refractivity contribution in [3.63, 3.8) is 0 Å². The van der Waals surface area contributed by atoms with Crippen molar-refractivity contribution in [3.8, 4) is 0 Å². The number of carbonyl (C=O) groups excluding carboxylic acids is 1. The van der Waals surface area contributed by atoms with Crippen molar-refractivity contribution in [2.75, 3.05) is 13.1 Å². The molecule has 1 aliphatic rings. The van der Waals surface area contributed by atoms with Gasteiger partial charge in [0.25, 0.3) is 0 Å². The average molecular weight is 343 g/mol. The molecule has 3 rings (SSSR count). The molecule has 1 aromatic heterocycles. The molecular formula is C19H25N3OS. The lowest BCUT2D eigenvalue weighted by atomic mass is 9.84. The van der Waals surface area contributed by atoms with Crippen LogP contribution in [0.15, 0.2) is 41.9 Å². The highest BCUT2D eigenvalue weighted by molar-refractivity contribution is 7.09. The predicted molar refractivity (Wildman–Crippen MR) is 97.9 cm³/mol. The minimum absolute atomic E-state index is 0.116. The first-order valence-corrected chi connectivity index (χ1v) is 9.56. The molecule has 2 atom stereocenters. The normalized spacial score (nSPS) is 18.0. The van der Waals surface area contributed by atoms with E-state index in [1.54, 1.807) is 17.5 Å². The molecule has 1 aliphatic heterocycles. The van der Waals surface area contributed by atoms with Crippen LogP contribution in [0, 0.1) is 11.8 Å². The zero-order valence-corrected chi connectivity index (χ0v) is 14.9. The molecule has 0 aliphatic carbocycles. The smallest absolute Gasteiger partial charge is 0.221 e. The average Bonchev–Trinajstić information content (AvgIpc) is 3.15. The van der Waals surface area contributed by atoms with Crippen LogP contribution in [0.4, 0.5) is 0 Å². The van der Waals surface area contributed by atoms with Gasteiger partial charge in [0.15, 0.2) is 0 Å². The molecule has 1 amide bonds. The van der Waals surface area contributed by atoms with Crippen LogP contribution in [0.25, 0.3) is 0 Å². The molecule has 2 unspecified atom stereocenters. The summed E-state index contributed by atoms with van der Waals surface area (Å²) >= 11 is 1.58. The molecule has 4 nitrogen and oxygen atoms in total. The molecule has 2 heterocycles. The van der Waals surface area contributed by atoms with Crippen LogP contribution in [0.5, 0.6) is 0 Å². The standard InChI is InChI=1S/C19H25N3OS/c1-14(15-7-9-20-10-8-15)13-17(23)22-18(19-21-11-12-24-19)16-5-3-2-4-6-16/h2-6,11-12,14-15,18,20H,7-10,13H2,1H3,(H,22,23). The summed E-state index contributed by atoms with van der Waals surface area (Å²) in [6.45, 7) is 4.35. The highest BCUT2D eigenvalue weighted by Crippen LogP contribution is 2.27. The van der Waals surface area contributed by atoms with Crippen LogP contribution >= 0.6 is 11.3 Å². The molecule has 2 aromatic rings. The Bertz CT molecular complexity index is 623. The Hall–Kier alpha value is -1.72. The van der Waals surface area contributed by atoms with Gasteiger partial charge in [0.2, 0.25) is 5.91 Å². The number of carbonyl (C=O) groups is 1. The fourth-order valence-electron chi connectivity index (χ4n) is 3.40. The number of hydrogen-bond donors (Lipinski definition) is 2. The van der Waals surface area contributed by atoms with Gasteiger partial charge in [-0.05, 0) is 43.3 Å². The van der Waals surface area contributed by atoms with E-state index in [4.69, 9.17) is 0 Å². The van der Waals surface area contributed by atoms with Gasteiger partial charge in [-0.1, -0.05) is 37.3 Å². The van der Waals surface area contributed by atoms with Gasteiger partial charge in [0.1, 0.15) is 11.0 Å². The summed E-state index contributed by atoms with van der Waals surface area (Å²) in [4.78, 5) is 17.0. The van der Waals surface area contributed by atoms with Gasteiger partial charge in [-0.2, -0.15) is 0 Å². The highest BCUT2D eigenvalue weighted by atomic mass is 32.1. The van der Waals surface area contributed by atoms with E-state index in [0.717, 1.165) is 23.7 Å². The Labute approximate surface area is 147 Å². The summed E-state index contributed by atoms with van der Waals surface area (Å²) < 4.78 is 0. The van der Waals surface area contributed by atoms with E-state index in [2.05, 4.69) is 22.5 Å². The molecule has 0 bridgehead atoms. The number of rotatable bonds is 6.